The molecule has 3 heterocycles. The van der Waals surface area contributed by atoms with Gasteiger partial charge in [0, 0.05) is 31.7 Å². The molecular formula is C22H22N8O2. The number of nitrogens with one attached hydrogen (secondary N) is 1. The van der Waals surface area contributed by atoms with E-state index in [1.165, 1.54) is 6.33 Å². The summed E-state index contributed by atoms with van der Waals surface area (Å²) in [4.78, 5) is 30.2. The van der Waals surface area contributed by atoms with Crippen molar-refractivity contribution in [2.24, 2.45) is 0 Å². The maximum atomic E-state index is 12.1. The fraction of sp³-hybridized carbons (Fsp3) is 0.182. The van der Waals surface area contributed by atoms with Crippen LogP contribution in [0.25, 0.3) is 0 Å². The van der Waals surface area contributed by atoms with E-state index in [-0.39, 0.29) is 17.3 Å². The van der Waals surface area contributed by atoms with Crippen LogP contribution in [-0.2, 0) is 13.1 Å². The standard InChI is InChI=1S/C22H22N8O2/c31-30(32)20-21(25-11-6-13-28-14-12-23-17-28)26-16-27-22(20)29(19-9-4-5-10-24-19)15-18-7-2-1-3-8-18/h1-5,7-10,12,14,16-17H,6,11,13,15H2,(H,25,26,27). The van der Waals surface area contributed by atoms with Crippen molar-refractivity contribution in [1.82, 2.24) is 24.5 Å². The Balaban J connectivity index is 1.62. The minimum absolute atomic E-state index is 0.180. The lowest BCUT2D eigenvalue weighted by molar-refractivity contribution is -0.383. The minimum Gasteiger partial charge on any atom is -0.364 e. The van der Waals surface area contributed by atoms with Crippen LogP contribution >= 0.6 is 0 Å². The lowest BCUT2D eigenvalue weighted by atomic mass is 10.2. The molecule has 162 valence electrons. The van der Waals surface area contributed by atoms with Gasteiger partial charge in [-0.3, -0.25) is 10.1 Å². The van der Waals surface area contributed by atoms with Gasteiger partial charge in [0.05, 0.1) is 17.8 Å². The van der Waals surface area contributed by atoms with E-state index in [0.29, 0.717) is 18.9 Å². The molecule has 10 nitrogen and oxygen atoms in total. The topological polar surface area (TPSA) is 115 Å². The van der Waals surface area contributed by atoms with Gasteiger partial charge in [-0.05, 0) is 24.1 Å². The zero-order chi connectivity index (χ0) is 22.2. The molecule has 1 aromatic carbocycles. The van der Waals surface area contributed by atoms with Crippen LogP contribution in [-0.4, -0.2) is 36.0 Å². The normalized spacial score (nSPS) is 10.6. The first-order valence-electron chi connectivity index (χ1n) is 10.1. The molecule has 0 radical (unpaired) electrons. The van der Waals surface area contributed by atoms with Crippen molar-refractivity contribution in [2.45, 2.75) is 19.5 Å². The monoisotopic (exact) mass is 430 g/mol. The van der Waals surface area contributed by atoms with Gasteiger partial charge in [0.1, 0.15) is 12.1 Å². The minimum atomic E-state index is -0.450. The molecule has 1 N–H and O–H groups in total. The third kappa shape index (κ3) is 5.04. The van der Waals surface area contributed by atoms with E-state index in [1.807, 2.05) is 47.2 Å². The Morgan fingerprint density at radius 1 is 1.03 bits per heavy atom. The van der Waals surface area contributed by atoms with Gasteiger partial charge in [0.25, 0.3) is 0 Å². The van der Waals surface area contributed by atoms with Crippen molar-refractivity contribution in [2.75, 3.05) is 16.8 Å². The van der Waals surface area contributed by atoms with E-state index in [9.17, 15) is 10.1 Å². The first kappa shape index (κ1) is 20.9. The summed E-state index contributed by atoms with van der Waals surface area (Å²) in [6.07, 6.45) is 9.06. The van der Waals surface area contributed by atoms with Gasteiger partial charge in [-0.1, -0.05) is 36.4 Å². The van der Waals surface area contributed by atoms with E-state index in [4.69, 9.17) is 0 Å². The highest BCUT2D eigenvalue weighted by molar-refractivity contribution is 5.74. The summed E-state index contributed by atoms with van der Waals surface area (Å²) in [6.45, 7) is 1.63. The second kappa shape index (κ2) is 10.1. The number of hydrogen-bond donors (Lipinski definition) is 1. The van der Waals surface area contributed by atoms with Gasteiger partial charge >= 0.3 is 5.69 Å². The number of aromatic nitrogens is 5. The Kier molecular flexibility index (Phi) is 6.61. The number of nitro groups is 1. The number of pyridine rings is 1. The van der Waals surface area contributed by atoms with Crippen LogP contribution in [0.15, 0.2) is 79.8 Å². The molecule has 4 aromatic rings. The molecule has 0 bridgehead atoms. The highest BCUT2D eigenvalue weighted by atomic mass is 16.6. The van der Waals surface area contributed by atoms with Crippen LogP contribution in [0.5, 0.6) is 0 Å². The summed E-state index contributed by atoms with van der Waals surface area (Å²) < 4.78 is 1.95. The number of benzene rings is 1. The number of aryl methyl sites for hydroxylation is 1. The van der Waals surface area contributed by atoms with Gasteiger partial charge < -0.3 is 14.8 Å². The van der Waals surface area contributed by atoms with E-state index >= 15 is 0 Å². The maximum absolute atomic E-state index is 12.1. The zero-order valence-electron chi connectivity index (χ0n) is 17.3. The number of anilines is 3. The van der Waals surface area contributed by atoms with Crippen molar-refractivity contribution in [3.63, 3.8) is 0 Å². The molecule has 0 saturated heterocycles. The Hall–Kier alpha value is -4.34. The largest absolute Gasteiger partial charge is 0.364 e. The molecule has 0 aliphatic rings. The highest BCUT2D eigenvalue weighted by Crippen LogP contribution is 2.36. The fourth-order valence-corrected chi connectivity index (χ4v) is 3.30. The first-order valence-corrected chi connectivity index (χ1v) is 10.1. The maximum Gasteiger partial charge on any atom is 0.353 e. The lowest BCUT2D eigenvalue weighted by Crippen LogP contribution is -2.21. The second-order valence-corrected chi connectivity index (χ2v) is 6.99. The molecular weight excluding hydrogens is 408 g/mol. The summed E-state index contributed by atoms with van der Waals surface area (Å²) in [7, 11) is 0. The van der Waals surface area contributed by atoms with Crippen LogP contribution in [0.2, 0.25) is 0 Å². The van der Waals surface area contributed by atoms with Crippen LogP contribution in [0, 0.1) is 10.1 Å². The van der Waals surface area contributed by atoms with Crippen LogP contribution in [0.4, 0.5) is 23.1 Å². The van der Waals surface area contributed by atoms with E-state index in [2.05, 4.69) is 25.3 Å². The molecule has 0 amide bonds. The predicted octanol–water partition coefficient (Wildman–Crippen LogP) is 3.82. The van der Waals surface area contributed by atoms with Crippen LogP contribution in [0.3, 0.4) is 0 Å². The highest BCUT2D eigenvalue weighted by Gasteiger charge is 2.28. The molecule has 0 fully saturated rings. The zero-order valence-corrected chi connectivity index (χ0v) is 17.3. The quantitative estimate of drug-likeness (QED) is 0.229. The first-order chi connectivity index (χ1) is 15.7. The lowest BCUT2D eigenvalue weighted by Gasteiger charge is -2.23. The van der Waals surface area contributed by atoms with Crippen LogP contribution < -0.4 is 10.2 Å². The second-order valence-electron chi connectivity index (χ2n) is 6.99. The number of imidazole rings is 1. The summed E-state index contributed by atoms with van der Waals surface area (Å²) in [5.41, 5.74) is 0.789. The Morgan fingerprint density at radius 2 is 1.88 bits per heavy atom. The number of nitrogens with zero attached hydrogens (tertiary/aromatic N) is 7. The van der Waals surface area contributed by atoms with Crippen molar-refractivity contribution < 1.29 is 4.92 Å². The Bertz CT molecular complexity index is 1140. The summed E-state index contributed by atoms with van der Waals surface area (Å²) in [6, 6.07) is 15.1. The average molecular weight is 430 g/mol. The number of rotatable bonds is 10. The molecule has 0 atom stereocenters. The number of hydrogen-bond acceptors (Lipinski definition) is 8. The van der Waals surface area contributed by atoms with Gasteiger partial charge in [-0.2, -0.15) is 0 Å². The van der Waals surface area contributed by atoms with Gasteiger partial charge in [-0.15, -0.1) is 0 Å². The predicted molar refractivity (Wildman–Crippen MR) is 121 cm³/mol. The molecule has 0 aliphatic heterocycles. The average Bonchev–Trinajstić information content (AvgIpc) is 3.35. The Labute approximate surface area is 184 Å². The van der Waals surface area contributed by atoms with Crippen molar-refractivity contribution >= 4 is 23.1 Å². The fourth-order valence-electron chi connectivity index (χ4n) is 3.30. The summed E-state index contributed by atoms with van der Waals surface area (Å²) in [5.74, 6) is 0.925. The molecule has 0 unspecified atom stereocenters. The van der Waals surface area contributed by atoms with Crippen molar-refractivity contribution in [1.29, 1.82) is 0 Å². The third-order valence-electron chi connectivity index (χ3n) is 4.80. The SMILES string of the molecule is O=[N+]([O-])c1c(NCCCn2ccnc2)ncnc1N(Cc1ccccc1)c1ccccn1. The van der Waals surface area contributed by atoms with Crippen molar-refractivity contribution in [3.8, 4) is 0 Å². The van der Waals surface area contributed by atoms with Crippen molar-refractivity contribution in [3.05, 3.63) is 95.5 Å². The Morgan fingerprint density at radius 3 is 2.59 bits per heavy atom. The molecule has 10 heteroatoms. The smallest absolute Gasteiger partial charge is 0.353 e. The molecule has 4 rings (SSSR count). The van der Waals surface area contributed by atoms with Gasteiger partial charge in [0.2, 0.25) is 11.6 Å². The summed E-state index contributed by atoms with van der Waals surface area (Å²) >= 11 is 0. The third-order valence-corrected chi connectivity index (χ3v) is 4.80. The molecule has 0 saturated carbocycles. The molecule has 3 aromatic heterocycles. The van der Waals surface area contributed by atoms with Gasteiger partial charge in [-0.25, -0.2) is 19.9 Å². The van der Waals surface area contributed by atoms with E-state index in [1.54, 1.807) is 35.8 Å². The van der Waals surface area contributed by atoms with Gasteiger partial charge in [0.15, 0.2) is 0 Å². The molecule has 32 heavy (non-hydrogen) atoms. The van der Waals surface area contributed by atoms with E-state index in [0.717, 1.165) is 18.5 Å². The summed E-state index contributed by atoms with van der Waals surface area (Å²) in [5, 5.41) is 15.2. The van der Waals surface area contributed by atoms with Crippen LogP contribution in [0.1, 0.15) is 12.0 Å². The molecule has 0 aliphatic carbocycles. The van der Waals surface area contributed by atoms with E-state index < -0.39 is 4.92 Å². The molecule has 0 spiro atoms.